The Balaban J connectivity index is 1.73. The number of ether oxygens (including phenoxy) is 1. The van der Waals surface area contributed by atoms with Crippen LogP contribution in [0.15, 0.2) is 35.4 Å². The van der Waals surface area contributed by atoms with Gasteiger partial charge in [-0.05, 0) is 62.4 Å². The van der Waals surface area contributed by atoms with Crippen molar-refractivity contribution in [2.24, 2.45) is 11.3 Å². The van der Waals surface area contributed by atoms with E-state index in [1.807, 2.05) is 24.0 Å². The van der Waals surface area contributed by atoms with Gasteiger partial charge in [-0.2, -0.15) is 5.10 Å². The minimum atomic E-state index is -3.47. The first kappa shape index (κ1) is 32.0. The van der Waals surface area contributed by atoms with Gasteiger partial charge in [0.1, 0.15) is 6.29 Å². The minimum Gasteiger partial charge on any atom is -0.394 e. The number of carbonyl (C=O) groups is 1. The van der Waals surface area contributed by atoms with E-state index in [1.165, 1.54) is 6.07 Å². The van der Waals surface area contributed by atoms with Crippen LogP contribution in [0, 0.1) is 11.3 Å². The lowest BCUT2D eigenvalue weighted by molar-refractivity contribution is -0.118. The maximum atomic E-state index is 13.6. The molecule has 1 unspecified atom stereocenters. The van der Waals surface area contributed by atoms with Crippen LogP contribution in [0.5, 0.6) is 0 Å². The highest BCUT2D eigenvalue weighted by Gasteiger charge is 2.31. The van der Waals surface area contributed by atoms with Gasteiger partial charge in [0.25, 0.3) is 0 Å². The maximum absolute atomic E-state index is 13.6. The first-order valence-electron chi connectivity index (χ1n) is 13.0. The third kappa shape index (κ3) is 9.23. The Bertz CT molecular complexity index is 1200. The molecule has 0 aliphatic carbocycles. The molecule has 1 N–H and O–H groups in total. The van der Waals surface area contributed by atoms with E-state index in [0.29, 0.717) is 63.0 Å². The first-order chi connectivity index (χ1) is 18.4. The average molecular weight is 612 g/mol. The molecule has 2 aromatic rings. The average Bonchev–Trinajstić information content (AvgIpc) is 3.33. The smallest absolute Gasteiger partial charge is 0.233 e. The van der Waals surface area contributed by atoms with Crippen LogP contribution in [-0.2, 0) is 34.8 Å². The molecule has 1 saturated heterocycles. The quantitative estimate of drug-likeness (QED) is 0.246. The van der Waals surface area contributed by atoms with Crippen LogP contribution in [0.2, 0.25) is 18.1 Å². The fraction of sp³-hybridized carbons (Fsp3) is 0.615. The Morgan fingerprint density at radius 2 is 1.90 bits per heavy atom. The minimum absolute atomic E-state index is 0.0525. The van der Waals surface area contributed by atoms with Crippen molar-refractivity contribution in [2.75, 3.05) is 24.8 Å². The number of aryl methyl sites for hydroxylation is 1. The summed E-state index contributed by atoms with van der Waals surface area (Å²) in [6.45, 7) is 10.2. The molecule has 214 valence electrons. The number of aromatic nitrogens is 2. The molecule has 1 amide bonds. The van der Waals surface area contributed by atoms with Crippen LogP contribution in [0.3, 0.4) is 0 Å². The van der Waals surface area contributed by atoms with E-state index in [1.54, 1.807) is 18.2 Å². The van der Waals surface area contributed by atoms with Crippen molar-refractivity contribution in [3.8, 4) is 0 Å². The Labute approximate surface area is 242 Å². The standard InChI is InChI=1S/C26H38ClN3O6SSi2/c1-26(2,25(35-38-4)36-39-5)11-13-30-12-8-23(29-30)28-24(31)20(16-18-9-14-34-15-10-18)19-6-7-22(21(27)17-19)37(3,32)33/h6-8,12,17-18,20,25H,9-11,13-16H2,1-5H3,(H,28,29,31). The Morgan fingerprint density at radius 3 is 2.49 bits per heavy atom. The SMILES string of the molecule is C[Si]OC(O[Si]C)C(C)(C)CCn1ccc(NC(=O)C(CC2CCOCC2)c2ccc(S(C)(=O)=O)c(Cl)c2)n1. The van der Waals surface area contributed by atoms with E-state index in [4.69, 9.17) is 25.2 Å². The zero-order valence-electron chi connectivity index (χ0n) is 23.2. The number of sulfone groups is 1. The number of halogens is 1. The van der Waals surface area contributed by atoms with E-state index in [2.05, 4.69) is 24.3 Å². The fourth-order valence-electron chi connectivity index (χ4n) is 4.59. The summed E-state index contributed by atoms with van der Waals surface area (Å²) >= 11 is 6.34. The van der Waals surface area contributed by atoms with Gasteiger partial charge in [0.2, 0.25) is 25.4 Å². The predicted octanol–water partition coefficient (Wildman–Crippen LogP) is 4.59. The molecule has 1 aliphatic rings. The van der Waals surface area contributed by atoms with Crippen LogP contribution in [0.4, 0.5) is 5.82 Å². The summed E-state index contributed by atoms with van der Waals surface area (Å²) in [5.41, 5.74) is 0.463. The Hall–Kier alpha value is -1.55. The summed E-state index contributed by atoms with van der Waals surface area (Å²) in [6.07, 6.45) is 5.80. The second kappa shape index (κ2) is 14.4. The van der Waals surface area contributed by atoms with Crippen LogP contribution in [0.1, 0.15) is 51.0 Å². The Morgan fingerprint density at radius 1 is 1.23 bits per heavy atom. The summed E-state index contributed by atoms with van der Waals surface area (Å²) in [5, 5.41) is 7.65. The van der Waals surface area contributed by atoms with Gasteiger partial charge in [-0.15, -0.1) is 0 Å². The molecule has 9 nitrogen and oxygen atoms in total. The molecule has 13 heteroatoms. The predicted molar refractivity (Wildman–Crippen MR) is 154 cm³/mol. The number of hydrogen-bond donors (Lipinski definition) is 1. The number of rotatable bonds is 14. The fourth-order valence-corrected chi connectivity index (χ4v) is 7.18. The number of nitrogens with zero attached hydrogens (tertiary/aromatic N) is 2. The molecule has 3 rings (SSSR count). The van der Waals surface area contributed by atoms with E-state index >= 15 is 0 Å². The third-order valence-corrected chi connectivity index (χ3v) is 9.43. The molecule has 1 aromatic heterocycles. The molecule has 2 heterocycles. The molecule has 0 spiro atoms. The molecule has 4 radical (unpaired) electrons. The maximum Gasteiger partial charge on any atom is 0.233 e. The number of hydrogen-bond acceptors (Lipinski definition) is 7. The topological polar surface area (TPSA) is 109 Å². The zero-order valence-corrected chi connectivity index (χ0v) is 26.8. The van der Waals surface area contributed by atoms with Crippen LogP contribution < -0.4 is 5.32 Å². The van der Waals surface area contributed by atoms with Gasteiger partial charge in [-0.1, -0.05) is 31.5 Å². The molecular weight excluding hydrogens is 574 g/mol. The lowest BCUT2D eigenvalue weighted by Gasteiger charge is -2.34. The van der Waals surface area contributed by atoms with Crippen molar-refractivity contribution < 1.29 is 26.8 Å². The van der Waals surface area contributed by atoms with Crippen LogP contribution in [-0.4, -0.2) is 69.4 Å². The zero-order chi connectivity index (χ0) is 28.6. The van der Waals surface area contributed by atoms with Crippen molar-refractivity contribution in [2.45, 2.75) is 76.3 Å². The second-order valence-corrected chi connectivity index (χ2v) is 14.2. The van der Waals surface area contributed by atoms with E-state index < -0.39 is 15.8 Å². The van der Waals surface area contributed by atoms with E-state index in [0.717, 1.165) is 25.5 Å². The van der Waals surface area contributed by atoms with Crippen molar-refractivity contribution in [3.63, 3.8) is 0 Å². The molecule has 39 heavy (non-hydrogen) atoms. The van der Waals surface area contributed by atoms with Gasteiger partial charge in [0.05, 0.1) is 15.8 Å². The molecule has 0 saturated carbocycles. The number of benzene rings is 1. The summed E-state index contributed by atoms with van der Waals surface area (Å²) in [5.74, 6) is 0.0587. The number of carbonyl (C=O) groups excluding carboxylic acids is 1. The van der Waals surface area contributed by atoms with Crippen LogP contribution in [0.25, 0.3) is 0 Å². The summed E-state index contributed by atoms with van der Waals surface area (Å²) in [4.78, 5) is 13.6. The van der Waals surface area contributed by atoms with Gasteiger partial charge in [0, 0.05) is 43.7 Å². The monoisotopic (exact) mass is 611 g/mol. The number of nitrogens with one attached hydrogen (secondary N) is 1. The third-order valence-electron chi connectivity index (χ3n) is 6.95. The van der Waals surface area contributed by atoms with Crippen LogP contribution >= 0.6 is 11.6 Å². The lowest BCUT2D eigenvalue weighted by atomic mass is 9.84. The molecule has 1 aromatic carbocycles. The second-order valence-electron chi connectivity index (χ2n) is 10.5. The molecular formula is C26H38ClN3O6SSi2. The molecule has 1 aliphatic heterocycles. The number of anilines is 1. The van der Waals surface area contributed by atoms with Crippen molar-refractivity contribution in [3.05, 3.63) is 41.0 Å². The first-order valence-corrected chi connectivity index (χ1v) is 18.1. The van der Waals surface area contributed by atoms with Crippen molar-refractivity contribution in [1.29, 1.82) is 0 Å². The molecule has 1 fully saturated rings. The molecule has 1 atom stereocenters. The highest BCUT2D eigenvalue weighted by atomic mass is 35.5. The van der Waals surface area contributed by atoms with E-state index in [9.17, 15) is 13.2 Å². The molecule has 0 bridgehead atoms. The van der Waals surface area contributed by atoms with Gasteiger partial charge in [-0.25, -0.2) is 8.42 Å². The highest BCUT2D eigenvalue weighted by molar-refractivity contribution is 7.90. The highest BCUT2D eigenvalue weighted by Crippen LogP contribution is 2.34. The lowest BCUT2D eigenvalue weighted by Crippen LogP contribution is -2.36. The summed E-state index contributed by atoms with van der Waals surface area (Å²) in [6, 6.07) is 6.53. The van der Waals surface area contributed by atoms with Gasteiger partial charge < -0.3 is 18.9 Å². The van der Waals surface area contributed by atoms with E-state index in [-0.39, 0.29) is 27.5 Å². The van der Waals surface area contributed by atoms with Crippen molar-refractivity contribution >= 4 is 52.7 Å². The van der Waals surface area contributed by atoms with Gasteiger partial charge >= 0.3 is 0 Å². The largest absolute Gasteiger partial charge is 0.394 e. The normalized spacial score (nSPS) is 16.0. The summed E-state index contributed by atoms with van der Waals surface area (Å²) in [7, 11) is -2.79. The Kier molecular flexibility index (Phi) is 11.8. The summed E-state index contributed by atoms with van der Waals surface area (Å²) < 4.78 is 43.1. The van der Waals surface area contributed by atoms with Gasteiger partial charge in [-0.3, -0.25) is 9.48 Å². The number of amides is 1. The van der Waals surface area contributed by atoms with Gasteiger partial charge in [0.15, 0.2) is 15.7 Å². The van der Waals surface area contributed by atoms with Crippen molar-refractivity contribution in [1.82, 2.24) is 9.78 Å².